The Labute approximate surface area is 146 Å². The Morgan fingerprint density at radius 1 is 1.32 bits per heavy atom. The predicted octanol–water partition coefficient (Wildman–Crippen LogP) is 0.278. The fourth-order valence-electron chi connectivity index (χ4n) is 3.88. The molecule has 0 aromatic carbocycles. The van der Waals surface area contributed by atoms with Gasteiger partial charge in [-0.05, 0) is 12.5 Å². The molecule has 1 atom stereocenters. The van der Waals surface area contributed by atoms with Crippen LogP contribution in [0.5, 0.6) is 6.01 Å². The number of nitrogens with zero attached hydrogens (tertiary/aromatic N) is 5. The van der Waals surface area contributed by atoms with Crippen molar-refractivity contribution in [3.63, 3.8) is 0 Å². The van der Waals surface area contributed by atoms with Crippen LogP contribution in [0.15, 0.2) is 30.9 Å². The summed E-state index contributed by atoms with van der Waals surface area (Å²) < 4.78 is 32.0. The van der Waals surface area contributed by atoms with Crippen LogP contribution in [0.25, 0.3) is 0 Å². The molecule has 25 heavy (non-hydrogen) atoms. The number of ether oxygens (including phenoxy) is 1. The van der Waals surface area contributed by atoms with Gasteiger partial charge < -0.3 is 4.74 Å². The maximum Gasteiger partial charge on any atom is 0.316 e. The van der Waals surface area contributed by atoms with Gasteiger partial charge in [-0.1, -0.05) is 0 Å². The Kier molecular flexibility index (Phi) is 3.99. The predicted molar refractivity (Wildman–Crippen MR) is 90.6 cm³/mol. The summed E-state index contributed by atoms with van der Waals surface area (Å²) in [6, 6.07) is 2.02. The third-order valence-electron chi connectivity index (χ3n) is 5.20. The molecule has 4 heterocycles. The van der Waals surface area contributed by atoms with E-state index < -0.39 is 14.6 Å². The quantitative estimate of drug-likeness (QED) is 0.753. The monoisotopic (exact) mass is 363 g/mol. The first-order chi connectivity index (χ1) is 12.0. The van der Waals surface area contributed by atoms with Crippen molar-refractivity contribution in [2.24, 2.45) is 13.0 Å². The van der Waals surface area contributed by atoms with Crippen molar-refractivity contribution in [3.05, 3.63) is 36.4 Å². The summed E-state index contributed by atoms with van der Waals surface area (Å²) in [6.45, 7) is 2.16. The Morgan fingerprint density at radius 2 is 2.08 bits per heavy atom. The molecule has 0 radical (unpaired) electrons. The van der Waals surface area contributed by atoms with E-state index >= 15 is 0 Å². The Bertz CT molecular complexity index is 846. The van der Waals surface area contributed by atoms with E-state index in [2.05, 4.69) is 20.0 Å². The summed E-state index contributed by atoms with van der Waals surface area (Å²) in [7, 11) is -1.23. The number of aromatic nitrogens is 4. The number of likely N-dealkylation sites (tertiary alicyclic amines) is 1. The molecular formula is C16H21N5O3S. The molecule has 0 N–H and O–H groups in total. The second-order valence-electron chi connectivity index (χ2n) is 6.88. The van der Waals surface area contributed by atoms with E-state index in [0.717, 1.165) is 12.1 Å². The molecule has 2 aromatic heterocycles. The van der Waals surface area contributed by atoms with Crippen molar-refractivity contribution in [1.82, 2.24) is 24.6 Å². The van der Waals surface area contributed by atoms with Gasteiger partial charge >= 0.3 is 6.01 Å². The Morgan fingerprint density at radius 3 is 2.76 bits per heavy atom. The van der Waals surface area contributed by atoms with Crippen molar-refractivity contribution in [2.75, 3.05) is 25.4 Å². The average molecular weight is 363 g/mol. The van der Waals surface area contributed by atoms with Gasteiger partial charge in [0.25, 0.3) is 0 Å². The SMILES string of the molecule is Cn1cc(CN2CC3(C2)[C@H](COc2ncccn2)CCS3(=O)=O)cn1. The summed E-state index contributed by atoms with van der Waals surface area (Å²) >= 11 is 0. The number of hydrogen-bond donors (Lipinski definition) is 0. The number of aryl methyl sites for hydroxylation is 1. The van der Waals surface area contributed by atoms with Crippen molar-refractivity contribution in [3.8, 4) is 6.01 Å². The molecule has 4 rings (SSSR count). The van der Waals surface area contributed by atoms with Crippen LogP contribution in [-0.2, 0) is 23.4 Å². The molecule has 8 nitrogen and oxygen atoms in total. The largest absolute Gasteiger partial charge is 0.463 e. The average Bonchev–Trinajstić information content (AvgIpc) is 3.08. The highest BCUT2D eigenvalue weighted by molar-refractivity contribution is 7.93. The third-order valence-corrected chi connectivity index (χ3v) is 7.80. The van der Waals surface area contributed by atoms with Crippen molar-refractivity contribution < 1.29 is 13.2 Å². The molecule has 0 aliphatic carbocycles. The molecule has 0 saturated carbocycles. The summed E-state index contributed by atoms with van der Waals surface area (Å²) in [6.07, 6.45) is 7.64. The molecule has 2 aliphatic heterocycles. The van der Waals surface area contributed by atoms with Gasteiger partial charge in [-0.2, -0.15) is 5.10 Å². The van der Waals surface area contributed by atoms with Crippen LogP contribution in [0.4, 0.5) is 0 Å². The van der Waals surface area contributed by atoms with Crippen LogP contribution in [0.2, 0.25) is 0 Å². The zero-order valence-electron chi connectivity index (χ0n) is 14.1. The molecule has 1 spiro atoms. The zero-order valence-corrected chi connectivity index (χ0v) is 14.9. The molecule has 0 bridgehead atoms. The molecule has 2 fully saturated rings. The van der Waals surface area contributed by atoms with Gasteiger partial charge in [0.1, 0.15) is 4.75 Å². The standard InChI is InChI=1S/C16H21N5O3S/c1-20-8-13(7-19-20)9-21-11-16(12-21)14(3-6-25(16,22)23)10-24-15-17-4-2-5-18-15/h2,4-5,7-8,14H,3,6,9-12H2,1H3/t14-/m0/s1. The van der Waals surface area contributed by atoms with Gasteiger partial charge in [-0.15, -0.1) is 0 Å². The highest BCUT2D eigenvalue weighted by atomic mass is 32.2. The van der Waals surface area contributed by atoms with Gasteiger partial charge in [0.15, 0.2) is 9.84 Å². The highest BCUT2D eigenvalue weighted by Crippen LogP contribution is 2.45. The van der Waals surface area contributed by atoms with Gasteiger partial charge in [0.05, 0.1) is 18.6 Å². The molecule has 0 unspecified atom stereocenters. The minimum atomic E-state index is -3.11. The van der Waals surface area contributed by atoms with E-state index in [4.69, 9.17) is 4.74 Å². The van der Waals surface area contributed by atoms with Crippen LogP contribution in [-0.4, -0.2) is 63.3 Å². The number of rotatable bonds is 5. The first kappa shape index (κ1) is 16.5. The fraction of sp³-hybridized carbons (Fsp3) is 0.562. The van der Waals surface area contributed by atoms with Crippen molar-refractivity contribution >= 4 is 9.84 Å². The lowest BCUT2D eigenvalue weighted by Gasteiger charge is -2.49. The minimum Gasteiger partial charge on any atom is -0.463 e. The molecule has 2 aromatic rings. The van der Waals surface area contributed by atoms with Crippen LogP contribution in [0.3, 0.4) is 0 Å². The lowest BCUT2D eigenvalue weighted by Crippen LogP contribution is -2.67. The van der Waals surface area contributed by atoms with Gasteiger partial charge in [-0.3, -0.25) is 9.58 Å². The molecule has 2 aliphatic rings. The molecule has 0 amide bonds. The van der Waals surface area contributed by atoms with Crippen LogP contribution >= 0.6 is 0 Å². The minimum absolute atomic E-state index is 0.0218. The normalized spacial score (nSPS) is 24.3. The summed E-state index contributed by atoms with van der Waals surface area (Å²) in [5.74, 6) is 0.212. The van der Waals surface area contributed by atoms with Gasteiger partial charge in [-0.25, -0.2) is 18.4 Å². The van der Waals surface area contributed by atoms with Crippen molar-refractivity contribution in [1.29, 1.82) is 0 Å². The van der Waals surface area contributed by atoms with Gasteiger partial charge in [0.2, 0.25) is 0 Å². The number of sulfone groups is 1. The van der Waals surface area contributed by atoms with Crippen LogP contribution in [0.1, 0.15) is 12.0 Å². The second-order valence-corrected chi connectivity index (χ2v) is 9.33. The van der Waals surface area contributed by atoms with E-state index in [-0.39, 0.29) is 11.7 Å². The lowest BCUT2D eigenvalue weighted by molar-refractivity contribution is 0.0572. The maximum atomic E-state index is 12.7. The van der Waals surface area contributed by atoms with Crippen LogP contribution < -0.4 is 4.74 Å². The molecular weight excluding hydrogens is 342 g/mol. The van der Waals surface area contributed by atoms with E-state index in [0.29, 0.717) is 32.1 Å². The van der Waals surface area contributed by atoms with Crippen molar-refractivity contribution in [2.45, 2.75) is 17.7 Å². The van der Waals surface area contributed by atoms with E-state index in [9.17, 15) is 8.42 Å². The zero-order chi connectivity index (χ0) is 17.5. The first-order valence-corrected chi connectivity index (χ1v) is 9.96. The lowest BCUT2D eigenvalue weighted by atomic mass is 9.83. The van der Waals surface area contributed by atoms with E-state index in [1.807, 2.05) is 19.4 Å². The third kappa shape index (κ3) is 2.91. The second kappa shape index (κ2) is 6.06. The molecule has 9 heteroatoms. The Balaban J connectivity index is 1.43. The van der Waals surface area contributed by atoms with E-state index in [1.165, 1.54) is 0 Å². The summed E-state index contributed by atoms with van der Waals surface area (Å²) in [5, 5.41) is 4.16. The molecule has 2 saturated heterocycles. The topological polar surface area (TPSA) is 90.2 Å². The van der Waals surface area contributed by atoms with Gasteiger partial charge in [0, 0.05) is 56.8 Å². The Hall–Kier alpha value is -2.00. The summed E-state index contributed by atoms with van der Waals surface area (Å²) in [4.78, 5) is 10.2. The highest BCUT2D eigenvalue weighted by Gasteiger charge is 2.61. The summed E-state index contributed by atoms with van der Waals surface area (Å²) in [5.41, 5.74) is 1.10. The first-order valence-electron chi connectivity index (χ1n) is 8.30. The maximum absolute atomic E-state index is 12.7. The number of hydrogen-bond acceptors (Lipinski definition) is 7. The fourth-order valence-corrected chi connectivity index (χ4v) is 6.33. The van der Waals surface area contributed by atoms with Crippen LogP contribution in [0, 0.1) is 5.92 Å². The smallest absolute Gasteiger partial charge is 0.316 e. The van der Waals surface area contributed by atoms with E-state index in [1.54, 1.807) is 23.1 Å². The molecule has 134 valence electrons.